The van der Waals surface area contributed by atoms with Crippen molar-refractivity contribution in [1.29, 1.82) is 0 Å². The molecule has 11 heteroatoms. The average Bonchev–Trinajstić information content (AvgIpc) is 3.40. The highest BCUT2D eigenvalue weighted by atomic mass is 35.5. The van der Waals surface area contributed by atoms with Crippen molar-refractivity contribution in [3.8, 4) is 32.4 Å². The summed E-state index contributed by atoms with van der Waals surface area (Å²) in [7, 11) is 0. The molecule has 0 radical (unpaired) electrons. The highest BCUT2D eigenvalue weighted by Gasteiger charge is 2.25. The summed E-state index contributed by atoms with van der Waals surface area (Å²) in [6, 6.07) is 6.86. The van der Waals surface area contributed by atoms with Crippen molar-refractivity contribution in [2.24, 2.45) is 0 Å². The third-order valence-corrected chi connectivity index (χ3v) is 5.86. The number of anilines is 1. The van der Waals surface area contributed by atoms with E-state index in [2.05, 4.69) is 35.3 Å². The number of hydrogen-bond acceptors (Lipinski definition) is 7. The molecule has 0 saturated heterocycles. The van der Waals surface area contributed by atoms with Gasteiger partial charge < -0.3 is 10.4 Å². The lowest BCUT2D eigenvalue weighted by Crippen LogP contribution is -2.08. The number of nitrogens with zero attached hydrogens (tertiary/aromatic N) is 5. The third-order valence-electron chi connectivity index (χ3n) is 4.11. The Morgan fingerprint density at radius 2 is 2.07 bits per heavy atom. The number of aliphatic hydroxyl groups excluding tert-OH is 1. The second-order valence-electron chi connectivity index (χ2n) is 5.97. The molecule has 8 nitrogen and oxygen atoms in total. The summed E-state index contributed by atoms with van der Waals surface area (Å²) in [5.74, 6) is 0.878. The van der Waals surface area contributed by atoms with E-state index in [0.29, 0.717) is 60.6 Å². The van der Waals surface area contributed by atoms with Crippen LogP contribution in [0.4, 0.5) is 11.6 Å². The molecule has 3 N–H and O–H groups in total. The lowest BCUT2D eigenvalue weighted by molar-refractivity contribution is 0.311. The van der Waals surface area contributed by atoms with Crippen molar-refractivity contribution >= 4 is 46.2 Å². The van der Waals surface area contributed by atoms with Crippen molar-refractivity contribution in [3.05, 3.63) is 58.3 Å². The van der Waals surface area contributed by atoms with Crippen LogP contribution >= 0.6 is 34.5 Å². The largest absolute Gasteiger partial charge is 0.395 e. The van der Waals surface area contributed by atoms with Gasteiger partial charge in [0.25, 0.3) is 0 Å². The summed E-state index contributed by atoms with van der Waals surface area (Å²) in [4.78, 5) is 18.0. The van der Waals surface area contributed by atoms with Crippen LogP contribution in [-0.4, -0.2) is 43.4 Å². The zero-order valence-electron chi connectivity index (χ0n) is 15.2. The predicted octanol–water partition coefficient (Wildman–Crippen LogP) is 4.92. The van der Waals surface area contributed by atoms with Crippen LogP contribution < -0.4 is 5.32 Å². The van der Waals surface area contributed by atoms with Gasteiger partial charge in [0, 0.05) is 28.4 Å². The van der Waals surface area contributed by atoms with Gasteiger partial charge in [-0.2, -0.15) is 5.10 Å². The molecule has 0 aliphatic heterocycles. The summed E-state index contributed by atoms with van der Waals surface area (Å²) in [5, 5.41) is 19.7. The number of aromatic nitrogens is 5. The minimum atomic E-state index is -0.0469. The molecular weight excluding hydrogens is 445 g/mol. The number of benzene rings is 1. The maximum Gasteiger partial charge on any atom is 0.223 e. The van der Waals surface area contributed by atoms with Gasteiger partial charge in [0.15, 0.2) is 5.82 Å². The standard InChI is InChI=1S/C19H13Cl2N7OS/c1-22-15-14(11-3-2-10(20)8-12(11)21)17(18-25-9-26-28-18)30-16(15)13-4-5-23-19(27-13)24-6-7-29/h2-5,8-9,29H,6-7H2,(H,23,24,27)(H,25,26,28). The number of halogens is 2. The van der Waals surface area contributed by atoms with E-state index in [1.165, 1.54) is 17.7 Å². The highest BCUT2D eigenvalue weighted by Crippen LogP contribution is 2.52. The summed E-state index contributed by atoms with van der Waals surface area (Å²) in [6.07, 6.45) is 3.00. The minimum absolute atomic E-state index is 0.0469. The molecule has 0 unspecified atom stereocenters. The first-order chi connectivity index (χ1) is 14.6. The van der Waals surface area contributed by atoms with Gasteiger partial charge in [0.05, 0.1) is 28.6 Å². The molecular formula is C19H13Cl2N7OS. The maximum absolute atomic E-state index is 9.02. The summed E-state index contributed by atoms with van der Waals surface area (Å²) in [6.45, 7) is 8.14. The van der Waals surface area contributed by atoms with Gasteiger partial charge in [-0.05, 0) is 23.8 Å². The average molecular weight is 458 g/mol. The van der Waals surface area contributed by atoms with Gasteiger partial charge in [-0.25, -0.2) is 19.8 Å². The molecule has 3 aromatic heterocycles. The fraction of sp³-hybridized carbons (Fsp3) is 0.105. The topological polar surface area (TPSA) is 104 Å². The lowest BCUT2D eigenvalue weighted by atomic mass is 10.0. The lowest BCUT2D eigenvalue weighted by Gasteiger charge is -2.07. The van der Waals surface area contributed by atoms with Crippen LogP contribution in [0.3, 0.4) is 0 Å². The molecule has 0 atom stereocenters. The van der Waals surface area contributed by atoms with Crippen molar-refractivity contribution < 1.29 is 5.11 Å². The normalized spacial score (nSPS) is 10.7. The smallest absolute Gasteiger partial charge is 0.223 e. The maximum atomic E-state index is 9.02. The monoisotopic (exact) mass is 457 g/mol. The Kier molecular flexibility index (Phi) is 5.92. The number of hydrogen-bond donors (Lipinski definition) is 3. The van der Waals surface area contributed by atoms with Crippen LogP contribution in [0.15, 0.2) is 36.8 Å². The van der Waals surface area contributed by atoms with E-state index in [-0.39, 0.29) is 6.61 Å². The Hall–Kier alpha value is -3.03. The molecule has 4 rings (SSSR count). The number of nitrogens with one attached hydrogen (secondary N) is 2. The number of aliphatic hydroxyl groups is 1. The fourth-order valence-corrected chi connectivity index (χ4v) is 4.54. The Balaban J connectivity index is 1.95. The summed E-state index contributed by atoms with van der Waals surface area (Å²) >= 11 is 13.9. The van der Waals surface area contributed by atoms with Crippen molar-refractivity contribution in [1.82, 2.24) is 25.1 Å². The third kappa shape index (κ3) is 3.86. The van der Waals surface area contributed by atoms with E-state index < -0.39 is 0 Å². The summed E-state index contributed by atoms with van der Waals surface area (Å²) in [5.41, 5.74) is 2.25. The quantitative estimate of drug-likeness (QED) is 0.355. The van der Waals surface area contributed by atoms with Gasteiger partial charge >= 0.3 is 0 Å². The molecule has 0 saturated carbocycles. The van der Waals surface area contributed by atoms with E-state index in [1.807, 2.05) is 0 Å². The molecule has 0 bridgehead atoms. The Morgan fingerprint density at radius 3 is 2.77 bits per heavy atom. The molecule has 0 aliphatic carbocycles. The minimum Gasteiger partial charge on any atom is -0.395 e. The van der Waals surface area contributed by atoms with Crippen molar-refractivity contribution in [3.63, 3.8) is 0 Å². The van der Waals surface area contributed by atoms with Crippen LogP contribution in [0.2, 0.25) is 10.0 Å². The molecule has 0 amide bonds. The zero-order valence-corrected chi connectivity index (χ0v) is 17.6. The van der Waals surface area contributed by atoms with Crippen LogP contribution in [-0.2, 0) is 0 Å². The second-order valence-corrected chi connectivity index (χ2v) is 7.83. The highest BCUT2D eigenvalue weighted by molar-refractivity contribution is 7.20. The molecule has 0 fully saturated rings. The van der Waals surface area contributed by atoms with Gasteiger partial charge in [-0.3, -0.25) is 5.10 Å². The Morgan fingerprint density at radius 1 is 1.20 bits per heavy atom. The van der Waals surface area contributed by atoms with E-state index in [4.69, 9.17) is 34.9 Å². The van der Waals surface area contributed by atoms with E-state index >= 15 is 0 Å². The Bertz CT molecular complexity index is 1230. The van der Waals surface area contributed by atoms with Crippen LogP contribution in [0.25, 0.3) is 37.2 Å². The number of H-pyrrole nitrogens is 1. The number of thiophene rings is 1. The van der Waals surface area contributed by atoms with Crippen LogP contribution in [0.1, 0.15) is 0 Å². The first-order valence-corrected chi connectivity index (χ1v) is 10.2. The first-order valence-electron chi connectivity index (χ1n) is 8.66. The van der Waals surface area contributed by atoms with Gasteiger partial charge in [0.1, 0.15) is 6.33 Å². The molecule has 0 spiro atoms. The molecule has 3 heterocycles. The van der Waals surface area contributed by atoms with E-state index in [1.54, 1.807) is 30.5 Å². The van der Waals surface area contributed by atoms with Gasteiger partial charge in [0.2, 0.25) is 11.6 Å². The zero-order chi connectivity index (χ0) is 21.1. The van der Waals surface area contributed by atoms with Gasteiger partial charge in [-0.1, -0.05) is 29.3 Å². The van der Waals surface area contributed by atoms with Crippen LogP contribution in [0, 0.1) is 6.57 Å². The predicted molar refractivity (Wildman–Crippen MR) is 118 cm³/mol. The molecule has 1 aromatic carbocycles. The molecule has 150 valence electrons. The van der Waals surface area contributed by atoms with Crippen molar-refractivity contribution in [2.45, 2.75) is 0 Å². The van der Waals surface area contributed by atoms with Crippen molar-refractivity contribution in [2.75, 3.05) is 18.5 Å². The fourth-order valence-electron chi connectivity index (χ4n) is 2.86. The molecule has 4 aromatic rings. The van der Waals surface area contributed by atoms with Gasteiger partial charge in [-0.15, -0.1) is 11.3 Å². The first kappa shape index (κ1) is 20.3. The Labute approximate surface area is 185 Å². The summed E-state index contributed by atoms with van der Waals surface area (Å²) < 4.78 is 0. The SMILES string of the molecule is [C-]#[N+]c1c(-c2ccnc(NCCO)n2)sc(-c2ncn[nH]2)c1-c1ccc(Cl)cc1Cl. The van der Waals surface area contributed by atoms with E-state index in [0.717, 1.165) is 0 Å². The number of aromatic amines is 1. The van der Waals surface area contributed by atoms with Crippen LogP contribution in [0.5, 0.6) is 0 Å². The second kappa shape index (κ2) is 8.77. The molecule has 30 heavy (non-hydrogen) atoms. The number of rotatable bonds is 6. The van der Waals surface area contributed by atoms with E-state index in [9.17, 15) is 0 Å². The molecule has 0 aliphatic rings.